The second kappa shape index (κ2) is 55.2. The zero-order chi connectivity index (χ0) is 47.2. The molecule has 0 saturated carbocycles. The van der Waals surface area contributed by atoms with Gasteiger partial charge in [0.25, 0.3) is 0 Å². The Balaban J connectivity index is 3.42. The Bertz CT molecular complexity index is 970. The molecule has 0 aliphatic rings. The van der Waals surface area contributed by atoms with Gasteiger partial charge in [0.05, 0.1) is 25.4 Å². The summed E-state index contributed by atoms with van der Waals surface area (Å²) in [7, 11) is 0. The Morgan fingerprint density at radius 1 is 0.415 bits per heavy atom. The van der Waals surface area contributed by atoms with Crippen molar-refractivity contribution in [2.45, 2.75) is 341 Å². The third-order valence-corrected chi connectivity index (χ3v) is 13.8. The minimum absolute atomic E-state index is 0.00929. The monoisotopic (exact) mass is 918 g/mol. The summed E-state index contributed by atoms with van der Waals surface area (Å²) in [6.45, 7) is 4.92. The lowest BCUT2D eigenvalue weighted by atomic mass is 10.0. The zero-order valence-electron chi connectivity index (χ0n) is 44.0. The van der Waals surface area contributed by atoms with Gasteiger partial charge in [-0.2, -0.15) is 0 Å². The normalized spacial score (nSPS) is 12.6. The molecule has 386 valence electrons. The molecule has 0 saturated heterocycles. The van der Waals surface area contributed by atoms with Gasteiger partial charge in [-0.25, -0.2) is 0 Å². The van der Waals surface area contributed by atoms with Gasteiger partial charge in [-0.3, -0.25) is 9.59 Å². The first kappa shape index (κ1) is 63.6. The molecule has 0 aromatic rings. The Labute approximate surface area is 406 Å². The van der Waals surface area contributed by atoms with E-state index in [0.717, 1.165) is 38.5 Å². The summed E-state index contributed by atoms with van der Waals surface area (Å²) < 4.78 is 5.48. The summed E-state index contributed by atoms with van der Waals surface area (Å²) in [5, 5.41) is 23.1. The van der Waals surface area contributed by atoms with Gasteiger partial charge in [-0.1, -0.05) is 296 Å². The Hall–Kier alpha value is -1.40. The van der Waals surface area contributed by atoms with Crippen molar-refractivity contribution in [2.75, 3.05) is 13.2 Å². The molecule has 0 fully saturated rings. The van der Waals surface area contributed by atoms with E-state index in [1.54, 1.807) is 6.08 Å². The molecule has 0 rings (SSSR count). The highest BCUT2D eigenvalue weighted by Crippen LogP contribution is 2.17. The van der Waals surface area contributed by atoms with Crippen molar-refractivity contribution in [2.24, 2.45) is 0 Å². The number of carbonyl (C=O) groups is 2. The predicted octanol–water partition coefficient (Wildman–Crippen LogP) is 18.1. The molecule has 2 unspecified atom stereocenters. The van der Waals surface area contributed by atoms with Crippen molar-refractivity contribution >= 4 is 11.9 Å². The smallest absolute Gasteiger partial charge is 0.305 e. The standard InChI is InChI=1S/C59H115NO5/c1-3-5-7-9-11-13-15-17-19-24-27-31-35-39-43-47-51-57(62)56(55-61)60-58(63)52-48-44-40-36-32-28-25-22-20-21-23-26-30-34-38-42-46-50-54-65-59(64)53-49-45-41-37-33-29-18-16-14-12-10-8-6-4-2/h47,51,56-57,61-62H,3-46,48-50,52-55H2,1-2H3,(H,60,63)/b51-47+. The second-order valence-corrected chi connectivity index (χ2v) is 20.3. The van der Waals surface area contributed by atoms with Crippen LogP contribution in [0.1, 0.15) is 328 Å². The number of nitrogens with one attached hydrogen (secondary N) is 1. The molecule has 65 heavy (non-hydrogen) atoms. The predicted molar refractivity (Wildman–Crippen MR) is 283 cm³/mol. The van der Waals surface area contributed by atoms with Crippen molar-refractivity contribution in [1.29, 1.82) is 0 Å². The van der Waals surface area contributed by atoms with Gasteiger partial charge in [0.1, 0.15) is 0 Å². The Kier molecular flexibility index (Phi) is 54.0. The van der Waals surface area contributed by atoms with Crippen molar-refractivity contribution in [3.05, 3.63) is 12.2 Å². The van der Waals surface area contributed by atoms with Crippen molar-refractivity contribution in [1.82, 2.24) is 5.32 Å². The molecule has 0 aliphatic carbocycles. The fraction of sp³-hybridized carbons (Fsp3) is 0.932. The fourth-order valence-electron chi connectivity index (χ4n) is 9.28. The van der Waals surface area contributed by atoms with E-state index >= 15 is 0 Å². The summed E-state index contributed by atoms with van der Waals surface area (Å²) in [6, 6.07) is -0.630. The van der Waals surface area contributed by atoms with Crippen LogP contribution in [0.2, 0.25) is 0 Å². The summed E-state index contributed by atoms with van der Waals surface area (Å²) in [5.74, 6) is -0.0603. The maximum absolute atomic E-state index is 12.5. The van der Waals surface area contributed by atoms with E-state index in [1.807, 2.05) is 6.08 Å². The number of rotatable bonds is 55. The molecule has 3 N–H and O–H groups in total. The van der Waals surface area contributed by atoms with Crippen LogP contribution in [0.3, 0.4) is 0 Å². The van der Waals surface area contributed by atoms with Gasteiger partial charge in [0, 0.05) is 12.8 Å². The largest absolute Gasteiger partial charge is 0.466 e. The molecule has 0 radical (unpaired) electrons. The van der Waals surface area contributed by atoms with Crippen LogP contribution in [0.4, 0.5) is 0 Å². The zero-order valence-corrected chi connectivity index (χ0v) is 44.0. The van der Waals surface area contributed by atoms with E-state index in [-0.39, 0.29) is 18.5 Å². The maximum atomic E-state index is 12.5. The Morgan fingerprint density at radius 2 is 0.708 bits per heavy atom. The molecule has 6 heteroatoms. The first-order valence-electron chi connectivity index (χ1n) is 29.5. The molecule has 1 amide bonds. The van der Waals surface area contributed by atoms with Gasteiger partial charge in [0.15, 0.2) is 0 Å². The van der Waals surface area contributed by atoms with E-state index < -0.39 is 12.1 Å². The Morgan fingerprint density at radius 3 is 1.05 bits per heavy atom. The average Bonchev–Trinajstić information content (AvgIpc) is 3.31. The number of aliphatic hydroxyl groups is 2. The van der Waals surface area contributed by atoms with E-state index in [0.29, 0.717) is 19.4 Å². The first-order valence-corrected chi connectivity index (χ1v) is 29.5. The molecule has 0 aromatic heterocycles. The van der Waals surface area contributed by atoms with Crippen molar-refractivity contribution in [3.63, 3.8) is 0 Å². The van der Waals surface area contributed by atoms with Crippen LogP contribution < -0.4 is 5.32 Å². The number of ether oxygens (including phenoxy) is 1. The number of esters is 1. The number of aliphatic hydroxyl groups excluding tert-OH is 2. The lowest BCUT2D eigenvalue weighted by molar-refractivity contribution is -0.143. The van der Waals surface area contributed by atoms with E-state index in [2.05, 4.69) is 19.2 Å². The lowest BCUT2D eigenvalue weighted by Gasteiger charge is -2.20. The van der Waals surface area contributed by atoms with E-state index in [4.69, 9.17) is 4.74 Å². The van der Waals surface area contributed by atoms with Crippen LogP contribution in [-0.2, 0) is 14.3 Å². The summed E-state index contributed by atoms with van der Waals surface area (Å²) in [6.07, 6.45) is 65.2. The molecule has 0 spiro atoms. The van der Waals surface area contributed by atoms with E-state index in [9.17, 15) is 19.8 Å². The molecule has 0 heterocycles. The molecule has 6 nitrogen and oxygen atoms in total. The number of unbranched alkanes of at least 4 members (excludes halogenated alkanes) is 44. The summed E-state index contributed by atoms with van der Waals surface area (Å²) in [4.78, 5) is 24.5. The van der Waals surface area contributed by atoms with Gasteiger partial charge in [-0.05, 0) is 32.1 Å². The third-order valence-electron chi connectivity index (χ3n) is 13.8. The van der Waals surface area contributed by atoms with Gasteiger partial charge in [-0.15, -0.1) is 0 Å². The SMILES string of the molecule is CCCCCCCCCCCCCCCC/C=C/C(O)C(CO)NC(=O)CCCCCCCCCCCCCCCCCCCCOC(=O)CCCCCCCCCCCCCCCC. The molecular formula is C59H115NO5. The maximum Gasteiger partial charge on any atom is 0.305 e. The number of carbonyl (C=O) groups excluding carboxylic acids is 2. The topological polar surface area (TPSA) is 95.9 Å². The number of amides is 1. The van der Waals surface area contributed by atoms with Crippen LogP contribution in [0.15, 0.2) is 12.2 Å². The van der Waals surface area contributed by atoms with Crippen LogP contribution in [0, 0.1) is 0 Å². The molecule has 0 bridgehead atoms. The van der Waals surface area contributed by atoms with Crippen LogP contribution >= 0.6 is 0 Å². The van der Waals surface area contributed by atoms with Gasteiger partial charge in [0.2, 0.25) is 5.91 Å². The molecule has 2 atom stereocenters. The highest BCUT2D eigenvalue weighted by Gasteiger charge is 2.18. The minimum Gasteiger partial charge on any atom is -0.466 e. The fourth-order valence-corrected chi connectivity index (χ4v) is 9.28. The lowest BCUT2D eigenvalue weighted by Crippen LogP contribution is -2.45. The minimum atomic E-state index is -0.846. The molecule has 0 aromatic carbocycles. The van der Waals surface area contributed by atoms with Crippen molar-refractivity contribution in [3.8, 4) is 0 Å². The quantitative estimate of drug-likeness (QED) is 0.0321. The first-order chi connectivity index (χ1) is 32.0. The van der Waals surface area contributed by atoms with Crippen LogP contribution in [0.25, 0.3) is 0 Å². The number of hydrogen-bond acceptors (Lipinski definition) is 5. The van der Waals surface area contributed by atoms with Crippen LogP contribution in [-0.4, -0.2) is 47.4 Å². The number of hydrogen-bond donors (Lipinski definition) is 3. The van der Waals surface area contributed by atoms with Crippen LogP contribution in [0.5, 0.6) is 0 Å². The highest BCUT2D eigenvalue weighted by atomic mass is 16.5. The van der Waals surface area contributed by atoms with E-state index in [1.165, 1.54) is 263 Å². The van der Waals surface area contributed by atoms with Gasteiger partial charge < -0.3 is 20.3 Å². The molecular weight excluding hydrogens is 803 g/mol. The second-order valence-electron chi connectivity index (χ2n) is 20.3. The number of allylic oxidation sites excluding steroid dienone is 1. The summed E-state index contributed by atoms with van der Waals surface area (Å²) in [5.41, 5.74) is 0. The average molecular weight is 919 g/mol. The van der Waals surface area contributed by atoms with Gasteiger partial charge >= 0.3 is 5.97 Å². The van der Waals surface area contributed by atoms with Crippen molar-refractivity contribution < 1.29 is 24.5 Å². The molecule has 0 aliphatic heterocycles. The highest BCUT2D eigenvalue weighted by molar-refractivity contribution is 5.76. The third kappa shape index (κ3) is 51.8. The summed E-state index contributed by atoms with van der Waals surface area (Å²) >= 11 is 0.